The van der Waals surface area contributed by atoms with Crippen LogP contribution in [0.2, 0.25) is 0 Å². The van der Waals surface area contributed by atoms with Gasteiger partial charge in [-0.15, -0.1) is 11.3 Å². The molecule has 2 aromatic heterocycles. The number of anilines is 1. The highest BCUT2D eigenvalue weighted by atomic mass is 32.1. The third kappa shape index (κ3) is 6.64. The van der Waals surface area contributed by atoms with Gasteiger partial charge in [0, 0.05) is 27.7 Å². The van der Waals surface area contributed by atoms with Crippen molar-refractivity contribution < 1.29 is 19.1 Å². The Kier molecular flexibility index (Phi) is 8.09. The van der Waals surface area contributed by atoms with Crippen LogP contribution < -0.4 is 16.4 Å². The van der Waals surface area contributed by atoms with Crippen LogP contribution in [0.15, 0.2) is 48.7 Å². The van der Waals surface area contributed by atoms with Crippen LogP contribution in [0.4, 0.5) is 5.82 Å². The Labute approximate surface area is 220 Å². The van der Waals surface area contributed by atoms with Crippen LogP contribution >= 0.6 is 11.3 Å². The Morgan fingerprint density at radius 1 is 1.22 bits per heavy atom. The summed E-state index contributed by atoms with van der Waals surface area (Å²) in [5.41, 5.74) is 6.05. The van der Waals surface area contributed by atoms with Crippen LogP contribution in [0.3, 0.4) is 0 Å². The third-order valence-corrected chi connectivity index (χ3v) is 7.15. The number of hydrogen-bond acceptors (Lipinski definition) is 8. The highest BCUT2D eigenvalue weighted by Gasteiger charge is 2.37. The molecule has 9 nitrogen and oxygen atoms in total. The molecule has 2 amide bonds. The summed E-state index contributed by atoms with van der Waals surface area (Å²) in [5, 5.41) is 6.91. The zero-order valence-electron chi connectivity index (χ0n) is 21.3. The van der Waals surface area contributed by atoms with Gasteiger partial charge < -0.3 is 20.7 Å². The molecule has 196 valence electrons. The number of nitrogens with zero attached hydrogens (tertiary/aromatic N) is 2. The number of hydrogen-bond donors (Lipinski definition) is 3. The predicted molar refractivity (Wildman–Crippen MR) is 144 cm³/mol. The van der Waals surface area contributed by atoms with Crippen molar-refractivity contribution in [1.82, 2.24) is 20.5 Å². The van der Waals surface area contributed by atoms with Crippen molar-refractivity contribution in [3.63, 3.8) is 0 Å². The van der Waals surface area contributed by atoms with Crippen molar-refractivity contribution in [2.24, 2.45) is 0 Å². The Morgan fingerprint density at radius 3 is 2.68 bits per heavy atom. The van der Waals surface area contributed by atoms with Crippen LogP contribution in [0, 0.1) is 0 Å². The van der Waals surface area contributed by atoms with Gasteiger partial charge in [0.1, 0.15) is 23.5 Å². The van der Waals surface area contributed by atoms with Crippen LogP contribution in [0.5, 0.6) is 0 Å². The average molecular weight is 524 g/mol. The van der Waals surface area contributed by atoms with Crippen molar-refractivity contribution >= 4 is 45.0 Å². The molecular weight excluding hydrogens is 490 g/mol. The topological polar surface area (TPSA) is 127 Å². The minimum absolute atomic E-state index is 0.128. The molecule has 1 aliphatic rings. The van der Waals surface area contributed by atoms with Crippen molar-refractivity contribution in [1.29, 1.82) is 0 Å². The summed E-state index contributed by atoms with van der Waals surface area (Å²) in [6.07, 6.45) is 2.97. The van der Waals surface area contributed by atoms with E-state index in [2.05, 4.69) is 15.6 Å². The summed E-state index contributed by atoms with van der Waals surface area (Å²) in [5.74, 6) is -0.428. The minimum Gasteiger partial charge on any atom is -0.459 e. The number of aromatic nitrogens is 1. The summed E-state index contributed by atoms with van der Waals surface area (Å²) in [7, 11) is 0. The molecule has 3 aromatic rings. The molecule has 0 unspecified atom stereocenters. The van der Waals surface area contributed by atoms with E-state index in [-0.39, 0.29) is 18.4 Å². The zero-order valence-corrected chi connectivity index (χ0v) is 22.1. The number of likely N-dealkylation sites (tertiary alicyclic amines) is 1. The molecule has 4 rings (SSSR count). The normalized spacial score (nSPS) is 16.5. The Hall–Kier alpha value is -3.50. The van der Waals surface area contributed by atoms with Crippen LogP contribution in [-0.4, -0.2) is 52.4 Å². The molecule has 4 N–H and O–H groups in total. The maximum Gasteiger partial charge on any atom is 0.320 e. The highest BCUT2D eigenvalue weighted by molar-refractivity contribution is 7.19. The summed E-state index contributed by atoms with van der Waals surface area (Å²) < 4.78 is 6.40. The molecule has 1 aromatic carbocycles. The second kappa shape index (κ2) is 11.3. The fourth-order valence-corrected chi connectivity index (χ4v) is 5.45. The van der Waals surface area contributed by atoms with E-state index in [1.807, 2.05) is 42.5 Å². The average Bonchev–Trinajstić information content (AvgIpc) is 3.50. The third-order valence-electron chi connectivity index (χ3n) is 6.05. The van der Waals surface area contributed by atoms with E-state index in [1.54, 1.807) is 43.2 Å². The van der Waals surface area contributed by atoms with Gasteiger partial charge in [0.25, 0.3) is 0 Å². The number of amides is 2. The maximum atomic E-state index is 13.7. The van der Waals surface area contributed by atoms with Crippen LogP contribution in [0.25, 0.3) is 10.1 Å². The number of carbonyl (C=O) groups excluding carboxylic acids is 3. The molecule has 3 heterocycles. The molecule has 1 aliphatic heterocycles. The minimum atomic E-state index is -0.778. The van der Waals surface area contributed by atoms with E-state index in [0.29, 0.717) is 25.3 Å². The molecule has 10 heteroatoms. The van der Waals surface area contributed by atoms with Gasteiger partial charge >= 0.3 is 5.97 Å². The largest absolute Gasteiger partial charge is 0.459 e. The molecule has 0 aliphatic carbocycles. The quantitative estimate of drug-likeness (QED) is 0.387. The number of fused-ring (bicyclic) bond motifs is 1. The summed E-state index contributed by atoms with van der Waals surface area (Å²) in [4.78, 5) is 45.9. The van der Waals surface area contributed by atoms with Crippen molar-refractivity contribution in [3.8, 4) is 0 Å². The van der Waals surface area contributed by atoms with Gasteiger partial charge in [-0.25, -0.2) is 4.98 Å². The second-order valence-electron chi connectivity index (χ2n) is 10.0. The van der Waals surface area contributed by atoms with Gasteiger partial charge in [-0.2, -0.15) is 0 Å². The van der Waals surface area contributed by atoms with E-state index in [0.717, 1.165) is 26.9 Å². The lowest BCUT2D eigenvalue weighted by Gasteiger charge is -2.29. The van der Waals surface area contributed by atoms with E-state index in [4.69, 9.17) is 10.5 Å². The van der Waals surface area contributed by atoms with E-state index in [1.165, 1.54) is 0 Å². The maximum absolute atomic E-state index is 13.7. The van der Waals surface area contributed by atoms with E-state index < -0.39 is 23.7 Å². The number of esters is 1. The van der Waals surface area contributed by atoms with E-state index in [9.17, 15) is 14.4 Å². The molecule has 0 bridgehead atoms. The van der Waals surface area contributed by atoms with Crippen molar-refractivity contribution in [2.45, 2.75) is 57.8 Å². The molecule has 0 spiro atoms. The first-order valence-corrected chi connectivity index (χ1v) is 13.2. The van der Waals surface area contributed by atoms with Gasteiger partial charge in [-0.3, -0.25) is 19.7 Å². The summed E-state index contributed by atoms with van der Waals surface area (Å²) in [6, 6.07) is 11.7. The zero-order chi connectivity index (χ0) is 26.6. The monoisotopic (exact) mass is 523 g/mol. The van der Waals surface area contributed by atoms with Gasteiger partial charge in [-0.05, 0) is 51.3 Å². The second-order valence-corrected chi connectivity index (χ2v) is 11.2. The lowest BCUT2D eigenvalue weighted by Crippen LogP contribution is -2.50. The van der Waals surface area contributed by atoms with Crippen molar-refractivity contribution in [2.75, 3.05) is 18.8 Å². The molecule has 0 radical (unpaired) electrons. The first-order valence-electron chi connectivity index (χ1n) is 12.3. The number of nitrogens with two attached hydrogens (primary N) is 1. The van der Waals surface area contributed by atoms with E-state index >= 15 is 0 Å². The molecular formula is C27H33N5O4S. The number of pyridine rings is 1. The smallest absolute Gasteiger partial charge is 0.320 e. The lowest BCUT2D eigenvalue weighted by molar-refractivity contribution is -0.154. The Balaban J connectivity index is 1.44. The Morgan fingerprint density at radius 2 is 1.97 bits per heavy atom. The molecule has 1 fully saturated rings. The number of benzene rings is 1. The SMILES string of the molecule is CC(C)(C)OC(=O)CN[C@@H](C(=O)N1CCC[C@H]1C(=O)NCc1cc2c(N)nccc2s1)c1ccccc1. The number of carbonyl (C=O) groups is 3. The number of nitrogens with one attached hydrogen (secondary N) is 2. The fraction of sp³-hybridized carbons (Fsp3) is 0.407. The number of ether oxygens (including phenoxy) is 1. The van der Waals surface area contributed by atoms with Gasteiger partial charge in [-0.1, -0.05) is 30.3 Å². The van der Waals surface area contributed by atoms with Crippen molar-refractivity contribution in [3.05, 3.63) is 59.1 Å². The number of nitrogen functional groups attached to an aromatic ring is 1. The highest BCUT2D eigenvalue weighted by Crippen LogP contribution is 2.29. The standard InChI is InChI=1S/C27H33N5O4S/c1-27(2,3)36-22(33)16-30-23(17-8-5-4-6-9-17)26(35)32-13-7-10-20(32)25(34)31-15-18-14-19-21(37-18)11-12-29-24(19)28/h4-6,8-9,11-12,14,20,23,30H,7,10,13,15-16H2,1-3H3,(H2,28,29)(H,31,34)/t20-,23+/m0/s1. The first kappa shape index (κ1) is 26.6. The van der Waals surface area contributed by atoms with Gasteiger partial charge in [0.15, 0.2) is 0 Å². The molecule has 0 saturated carbocycles. The Bertz CT molecular complexity index is 1270. The summed E-state index contributed by atoms with van der Waals surface area (Å²) in [6.45, 7) is 6.07. The molecule has 37 heavy (non-hydrogen) atoms. The van der Waals surface area contributed by atoms with Gasteiger partial charge in [0.05, 0.1) is 13.1 Å². The first-order chi connectivity index (χ1) is 17.6. The lowest BCUT2D eigenvalue weighted by atomic mass is 10.0. The number of thiophene rings is 1. The van der Waals surface area contributed by atoms with Gasteiger partial charge in [0.2, 0.25) is 11.8 Å². The van der Waals surface area contributed by atoms with Crippen LogP contribution in [0.1, 0.15) is 50.1 Å². The molecule has 2 atom stereocenters. The van der Waals surface area contributed by atoms with Crippen LogP contribution in [-0.2, 0) is 25.7 Å². The predicted octanol–water partition coefficient (Wildman–Crippen LogP) is 3.16. The fourth-order valence-electron chi connectivity index (χ4n) is 4.44. The number of rotatable bonds is 8. The molecule has 1 saturated heterocycles. The summed E-state index contributed by atoms with van der Waals surface area (Å²) >= 11 is 1.55.